The number of carbonyl (C=O) groups is 1. The number of alkyl carbamates (subject to hydrolysis) is 1. The first kappa shape index (κ1) is 18.8. The van der Waals surface area contributed by atoms with Gasteiger partial charge in [0.15, 0.2) is 0 Å². The Kier molecular flexibility index (Phi) is 5.00. The lowest BCUT2D eigenvalue weighted by atomic mass is 10.1. The summed E-state index contributed by atoms with van der Waals surface area (Å²) in [7, 11) is 0. The van der Waals surface area contributed by atoms with Crippen LogP contribution in [0.2, 0.25) is 0 Å². The number of rotatable bonds is 4. The number of amides is 1. The molecule has 0 radical (unpaired) electrons. The largest absolute Gasteiger partial charge is 0.447 e. The zero-order valence-electron chi connectivity index (χ0n) is 16.1. The van der Waals surface area contributed by atoms with E-state index < -0.39 is 12.2 Å². The first-order valence-corrected chi connectivity index (χ1v) is 9.77. The number of ether oxygens (including phenoxy) is 2. The van der Waals surface area contributed by atoms with Gasteiger partial charge in [-0.3, -0.25) is 0 Å². The number of nitriles is 1. The minimum atomic E-state index is -0.470. The average molecular weight is 383 g/mol. The van der Waals surface area contributed by atoms with E-state index in [1.807, 2.05) is 32.0 Å². The van der Waals surface area contributed by atoms with E-state index in [-0.39, 0.29) is 18.2 Å². The number of hydrogen-bond acceptors (Lipinski definition) is 5. The van der Waals surface area contributed by atoms with Gasteiger partial charge in [-0.05, 0) is 50.5 Å². The Morgan fingerprint density at radius 2 is 2.29 bits per heavy atom. The summed E-state index contributed by atoms with van der Waals surface area (Å²) in [6.07, 6.45) is 0.731. The fraction of sp³-hybridized carbons (Fsp3) is 0.524. The van der Waals surface area contributed by atoms with Gasteiger partial charge in [-0.1, -0.05) is 0 Å². The maximum absolute atomic E-state index is 12.0. The normalized spacial score (nSPS) is 23.8. The fourth-order valence-electron chi connectivity index (χ4n) is 4.28. The zero-order chi connectivity index (χ0) is 19.8. The molecule has 148 valence electrons. The molecular formula is C21H25N3O4. The number of hydrogen-bond donors (Lipinski definition) is 2. The Bertz CT molecular complexity index is 943. The highest BCUT2D eigenvalue weighted by molar-refractivity contribution is 5.88. The van der Waals surface area contributed by atoms with Gasteiger partial charge in [0.2, 0.25) is 0 Å². The van der Waals surface area contributed by atoms with Crippen molar-refractivity contribution in [2.45, 2.75) is 64.0 Å². The number of aliphatic hydroxyl groups excluding tert-OH is 1. The lowest BCUT2D eigenvalue weighted by Crippen LogP contribution is -2.37. The van der Waals surface area contributed by atoms with E-state index in [1.54, 1.807) is 0 Å². The van der Waals surface area contributed by atoms with Crippen LogP contribution in [0, 0.1) is 11.3 Å². The number of fused-ring (bicyclic) bond motifs is 3. The van der Waals surface area contributed by atoms with Crippen molar-refractivity contribution < 1.29 is 19.4 Å². The van der Waals surface area contributed by atoms with E-state index in [9.17, 15) is 15.2 Å². The Morgan fingerprint density at radius 3 is 2.96 bits per heavy atom. The van der Waals surface area contributed by atoms with E-state index in [1.165, 1.54) is 0 Å². The summed E-state index contributed by atoms with van der Waals surface area (Å²) in [4.78, 5) is 12.0. The van der Waals surface area contributed by atoms with Crippen molar-refractivity contribution in [2.24, 2.45) is 0 Å². The number of benzene rings is 1. The lowest BCUT2D eigenvalue weighted by molar-refractivity contribution is 0.0314. The minimum absolute atomic E-state index is 0.0490. The molecule has 1 aliphatic heterocycles. The maximum atomic E-state index is 12.0. The van der Waals surface area contributed by atoms with Gasteiger partial charge in [0.05, 0.1) is 30.4 Å². The molecule has 4 rings (SSSR count). The molecule has 2 aromatic rings. The van der Waals surface area contributed by atoms with E-state index in [0.29, 0.717) is 38.0 Å². The van der Waals surface area contributed by atoms with Gasteiger partial charge in [0.1, 0.15) is 6.10 Å². The Hall–Kier alpha value is -2.56. The monoisotopic (exact) mass is 383 g/mol. The highest BCUT2D eigenvalue weighted by Crippen LogP contribution is 2.35. The van der Waals surface area contributed by atoms with Crippen molar-refractivity contribution in [1.82, 2.24) is 9.88 Å². The summed E-state index contributed by atoms with van der Waals surface area (Å²) >= 11 is 0. The standard InChI is InChI=1S/C21H25N3O4/c1-12(2)28-21(26)23-14-8-16-15-7-13(10-22)3-4-17(15)24(18(16)9-14)11-20-19(25)5-6-27-20/h3-4,7,12,14,19-20,25H,5-6,8-9,11H2,1-2H3,(H,23,26)/t14?,19-,20+/m0/s1. The lowest BCUT2D eigenvalue weighted by Gasteiger charge is -2.19. The molecule has 7 heteroatoms. The first-order valence-electron chi connectivity index (χ1n) is 9.77. The minimum Gasteiger partial charge on any atom is -0.447 e. The molecule has 1 saturated heterocycles. The van der Waals surface area contributed by atoms with Crippen molar-refractivity contribution in [3.63, 3.8) is 0 Å². The molecule has 0 bridgehead atoms. The second-order valence-corrected chi connectivity index (χ2v) is 7.85. The molecule has 2 heterocycles. The van der Waals surface area contributed by atoms with Gasteiger partial charge in [-0.2, -0.15) is 5.26 Å². The van der Waals surface area contributed by atoms with Crippen LogP contribution >= 0.6 is 0 Å². The van der Waals surface area contributed by atoms with E-state index in [0.717, 1.165) is 22.2 Å². The molecule has 3 atom stereocenters. The quantitative estimate of drug-likeness (QED) is 0.844. The van der Waals surface area contributed by atoms with Crippen LogP contribution in [0.15, 0.2) is 18.2 Å². The fourth-order valence-corrected chi connectivity index (χ4v) is 4.28. The second-order valence-electron chi connectivity index (χ2n) is 7.85. The number of nitrogens with one attached hydrogen (secondary N) is 1. The van der Waals surface area contributed by atoms with Crippen LogP contribution in [-0.4, -0.2) is 46.7 Å². The van der Waals surface area contributed by atoms with Crippen molar-refractivity contribution in [3.05, 3.63) is 35.0 Å². The molecule has 0 saturated carbocycles. The van der Waals surface area contributed by atoms with Crippen LogP contribution in [0.5, 0.6) is 0 Å². The van der Waals surface area contributed by atoms with Gasteiger partial charge in [0, 0.05) is 35.7 Å². The molecule has 2 N–H and O–H groups in total. The average Bonchev–Trinajstić information content (AvgIpc) is 3.30. The van der Waals surface area contributed by atoms with Crippen LogP contribution in [0.4, 0.5) is 4.79 Å². The van der Waals surface area contributed by atoms with Crippen molar-refractivity contribution in [1.29, 1.82) is 5.26 Å². The topological polar surface area (TPSA) is 96.5 Å². The zero-order valence-corrected chi connectivity index (χ0v) is 16.1. The van der Waals surface area contributed by atoms with E-state index >= 15 is 0 Å². The third kappa shape index (κ3) is 3.46. The van der Waals surface area contributed by atoms with Crippen LogP contribution in [-0.2, 0) is 28.9 Å². The number of nitrogens with zero attached hydrogens (tertiary/aromatic N) is 2. The summed E-state index contributed by atoms with van der Waals surface area (Å²) < 4.78 is 13.1. The molecule has 1 unspecified atom stereocenters. The molecule has 1 aromatic heterocycles. The molecule has 7 nitrogen and oxygen atoms in total. The van der Waals surface area contributed by atoms with Gasteiger partial charge >= 0.3 is 6.09 Å². The summed E-state index contributed by atoms with van der Waals surface area (Å²) in [6, 6.07) is 7.84. The SMILES string of the molecule is CC(C)OC(=O)NC1Cc2c(n(C[C@H]3OCC[C@@H]3O)c3ccc(C#N)cc23)C1. The van der Waals surface area contributed by atoms with Crippen molar-refractivity contribution >= 4 is 17.0 Å². The molecule has 0 spiro atoms. The molecule has 2 aliphatic rings. The van der Waals surface area contributed by atoms with Crippen LogP contribution in [0.25, 0.3) is 10.9 Å². The first-order chi connectivity index (χ1) is 13.5. The second kappa shape index (κ2) is 7.46. The highest BCUT2D eigenvalue weighted by Gasteiger charge is 2.33. The van der Waals surface area contributed by atoms with Crippen LogP contribution in [0.1, 0.15) is 37.1 Å². The third-order valence-corrected chi connectivity index (χ3v) is 5.51. The summed E-state index contributed by atoms with van der Waals surface area (Å²) in [5.74, 6) is 0. The molecule has 28 heavy (non-hydrogen) atoms. The number of carbonyl (C=O) groups excluding carboxylic acids is 1. The van der Waals surface area contributed by atoms with Crippen LogP contribution < -0.4 is 5.32 Å². The maximum Gasteiger partial charge on any atom is 0.407 e. The Morgan fingerprint density at radius 1 is 1.46 bits per heavy atom. The predicted octanol–water partition coefficient (Wildman–Crippen LogP) is 2.26. The molecule has 1 aliphatic carbocycles. The number of aromatic nitrogens is 1. The van der Waals surface area contributed by atoms with E-state index in [2.05, 4.69) is 16.0 Å². The third-order valence-electron chi connectivity index (χ3n) is 5.51. The molecular weight excluding hydrogens is 358 g/mol. The van der Waals surface area contributed by atoms with Gasteiger partial charge in [-0.25, -0.2) is 4.79 Å². The smallest absolute Gasteiger partial charge is 0.407 e. The summed E-state index contributed by atoms with van der Waals surface area (Å²) in [5.41, 5.74) is 3.92. The molecule has 1 fully saturated rings. The van der Waals surface area contributed by atoms with Gasteiger partial charge < -0.3 is 24.5 Å². The Labute approximate surface area is 163 Å². The summed E-state index contributed by atoms with van der Waals surface area (Å²) in [5, 5.41) is 23.5. The Balaban J connectivity index is 1.65. The molecule has 1 aromatic carbocycles. The summed E-state index contributed by atoms with van der Waals surface area (Å²) in [6.45, 7) is 4.76. The highest BCUT2D eigenvalue weighted by atomic mass is 16.6. The van der Waals surface area contributed by atoms with Crippen LogP contribution in [0.3, 0.4) is 0 Å². The predicted molar refractivity (Wildman–Crippen MR) is 103 cm³/mol. The number of aliphatic hydroxyl groups is 1. The van der Waals surface area contributed by atoms with E-state index in [4.69, 9.17) is 9.47 Å². The van der Waals surface area contributed by atoms with Crippen molar-refractivity contribution in [2.75, 3.05) is 6.61 Å². The van der Waals surface area contributed by atoms with Crippen molar-refractivity contribution in [3.8, 4) is 6.07 Å². The van der Waals surface area contributed by atoms with Gasteiger partial charge in [0.25, 0.3) is 0 Å². The van der Waals surface area contributed by atoms with Gasteiger partial charge in [-0.15, -0.1) is 0 Å². The molecule has 1 amide bonds.